The molecule has 3 aromatic rings. The van der Waals surface area contributed by atoms with Crippen LogP contribution in [0.4, 0.5) is 0 Å². The van der Waals surface area contributed by atoms with E-state index in [0.717, 1.165) is 50.0 Å². The molecule has 0 spiro atoms. The van der Waals surface area contributed by atoms with Crippen LogP contribution in [0.25, 0.3) is 5.82 Å². The second-order valence-electron chi connectivity index (χ2n) is 7.98. The molecule has 0 aromatic carbocycles. The summed E-state index contributed by atoms with van der Waals surface area (Å²) in [5.74, 6) is 0.977. The number of hydrogen-bond donors (Lipinski definition) is 0. The van der Waals surface area contributed by atoms with Gasteiger partial charge in [-0.2, -0.15) is 5.10 Å². The summed E-state index contributed by atoms with van der Waals surface area (Å²) in [5, 5.41) is 12.7. The van der Waals surface area contributed by atoms with E-state index >= 15 is 0 Å². The zero-order valence-electron chi connectivity index (χ0n) is 17.3. The van der Waals surface area contributed by atoms with Crippen LogP contribution in [-0.2, 0) is 19.4 Å². The van der Waals surface area contributed by atoms with E-state index in [4.69, 9.17) is 4.52 Å². The predicted molar refractivity (Wildman–Crippen MR) is 111 cm³/mol. The summed E-state index contributed by atoms with van der Waals surface area (Å²) in [6.07, 6.45) is 7.42. The molecule has 1 aliphatic heterocycles. The lowest BCUT2D eigenvalue weighted by Gasteiger charge is -2.34. The maximum absolute atomic E-state index is 12.9. The first-order valence-corrected chi connectivity index (χ1v) is 10.8. The topological polar surface area (TPSA) is 102 Å². The molecular formula is C21H25N7O3. The van der Waals surface area contributed by atoms with Crippen LogP contribution in [0.1, 0.15) is 34.7 Å². The van der Waals surface area contributed by atoms with Crippen molar-refractivity contribution in [2.45, 2.75) is 32.2 Å². The number of aromatic nitrogens is 5. The molecule has 0 radical (unpaired) electrons. The standard InChI is InChI=1S/C21H25N7O3/c29-19-7-6-18(27-9-3-8-22-27)23-28(19)15-12-25-10-13-26(14-11-25)21(30)20-16-4-1-2-5-17(16)24-31-20/h3,6-9H,1-2,4-5,10-15H2. The molecule has 0 unspecified atom stereocenters. The molecule has 0 N–H and O–H groups in total. The highest BCUT2D eigenvalue weighted by Crippen LogP contribution is 2.25. The molecule has 162 valence electrons. The lowest BCUT2D eigenvalue weighted by Crippen LogP contribution is -2.49. The Hall–Kier alpha value is -3.27. The fraction of sp³-hybridized carbons (Fsp3) is 0.476. The van der Waals surface area contributed by atoms with E-state index in [1.54, 1.807) is 23.1 Å². The van der Waals surface area contributed by atoms with E-state index in [1.165, 1.54) is 10.7 Å². The molecule has 1 amide bonds. The van der Waals surface area contributed by atoms with Crippen molar-refractivity contribution in [3.63, 3.8) is 0 Å². The molecule has 4 heterocycles. The molecule has 3 aromatic heterocycles. The van der Waals surface area contributed by atoms with Crippen molar-refractivity contribution in [1.82, 2.24) is 34.5 Å². The van der Waals surface area contributed by atoms with Crippen LogP contribution >= 0.6 is 0 Å². The minimum absolute atomic E-state index is 0.0555. The van der Waals surface area contributed by atoms with Crippen molar-refractivity contribution in [2.75, 3.05) is 32.7 Å². The van der Waals surface area contributed by atoms with Crippen molar-refractivity contribution >= 4 is 5.91 Å². The number of hydrogen-bond acceptors (Lipinski definition) is 7. The van der Waals surface area contributed by atoms with Crippen molar-refractivity contribution in [3.8, 4) is 5.82 Å². The van der Waals surface area contributed by atoms with E-state index in [9.17, 15) is 9.59 Å². The Morgan fingerprint density at radius 2 is 1.90 bits per heavy atom. The summed E-state index contributed by atoms with van der Waals surface area (Å²) in [5.41, 5.74) is 1.81. The van der Waals surface area contributed by atoms with Gasteiger partial charge in [0.25, 0.3) is 11.5 Å². The van der Waals surface area contributed by atoms with Crippen LogP contribution in [-0.4, -0.2) is 73.1 Å². The van der Waals surface area contributed by atoms with Gasteiger partial charge in [0.2, 0.25) is 5.76 Å². The van der Waals surface area contributed by atoms with Crippen LogP contribution < -0.4 is 5.56 Å². The van der Waals surface area contributed by atoms with Crippen LogP contribution in [0.2, 0.25) is 0 Å². The first kappa shape index (κ1) is 19.7. The van der Waals surface area contributed by atoms with Gasteiger partial charge in [-0.05, 0) is 37.8 Å². The Labute approximate surface area is 179 Å². The van der Waals surface area contributed by atoms with Crippen LogP contribution in [0.3, 0.4) is 0 Å². The molecule has 1 saturated heterocycles. The number of fused-ring (bicyclic) bond motifs is 1. The molecule has 0 bridgehead atoms. The molecule has 2 aliphatic rings. The normalized spacial score (nSPS) is 17.0. The monoisotopic (exact) mass is 423 g/mol. The summed E-state index contributed by atoms with van der Waals surface area (Å²) in [7, 11) is 0. The van der Waals surface area contributed by atoms with Crippen molar-refractivity contribution in [2.24, 2.45) is 0 Å². The molecule has 0 atom stereocenters. The predicted octanol–water partition coefficient (Wildman–Crippen LogP) is 0.754. The summed E-state index contributed by atoms with van der Waals surface area (Å²) in [4.78, 5) is 29.2. The molecule has 0 saturated carbocycles. The Bertz CT molecular complexity index is 1110. The molecule has 5 rings (SSSR count). The lowest BCUT2D eigenvalue weighted by molar-refractivity contribution is 0.0590. The van der Waals surface area contributed by atoms with Gasteiger partial charge in [0, 0.05) is 56.7 Å². The molecule has 31 heavy (non-hydrogen) atoms. The Morgan fingerprint density at radius 1 is 1.06 bits per heavy atom. The third kappa shape index (κ3) is 4.02. The zero-order valence-corrected chi connectivity index (χ0v) is 17.3. The largest absolute Gasteiger partial charge is 0.350 e. The van der Waals surface area contributed by atoms with Crippen LogP contribution in [0.15, 0.2) is 39.9 Å². The summed E-state index contributed by atoms with van der Waals surface area (Å²) in [6, 6.07) is 4.99. The third-order valence-corrected chi connectivity index (χ3v) is 6.03. The highest BCUT2D eigenvalue weighted by molar-refractivity contribution is 5.93. The van der Waals surface area contributed by atoms with E-state index in [2.05, 4.69) is 20.3 Å². The second kappa shape index (κ2) is 8.46. The number of amides is 1. The summed E-state index contributed by atoms with van der Waals surface area (Å²) >= 11 is 0. The quantitative estimate of drug-likeness (QED) is 0.597. The van der Waals surface area contributed by atoms with Gasteiger partial charge in [-0.3, -0.25) is 14.5 Å². The smallest absolute Gasteiger partial charge is 0.292 e. The number of rotatable bonds is 5. The maximum atomic E-state index is 12.9. The molecule has 1 aliphatic carbocycles. The fourth-order valence-electron chi connectivity index (χ4n) is 4.24. The van der Waals surface area contributed by atoms with E-state index in [0.29, 0.717) is 37.8 Å². The Balaban J connectivity index is 1.17. The van der Waals surface area contributed by atoms with Gasteiger partial charge in [-0.25, -0.2) is 9.36 Å². The fourth-order valence-corrected chi connectivity index (χ4v) is 4.24. The minimum Gasteiger partial charge on any atom is -0.350 e. The number of nitrogens with zero attached hydrogens (tertiary/aromatic N) is 7. The number of aryl methyl sites for hydroxylation is 1. The minimum atomic E-state index is -0.139. The zero-order chi connectivity index (χ0) is 21.2. The first-order valence-electron chi connectivity index (χ1n) is 10.8. The maximum Gasteiger partial charge on any atom is 0.292 e. The Kier molecular flexibility index (Phi) is 5.37. The van der Waals surface area contributed by atoms with Gasteiger partial charge in [-0.1, -0.05) is 5.16 Å². The van der Waals surface area contributed by atoms with Crippen LogP contribution in [0, 0.1) is 0 Å². The average molecular weight is 423 g/mol. The highest BCUT2D eigenvalue weighted by Gasteiger charge is 2.29. The SMILES string of the molecule is O=C(c1onc2c1CCCC2)N1CCN(CCn2nc(-n3cccn3)ccc2=O)CC1. The number of piperazine rings is 1. The van der Waals surface area contributed by atoms with Gasteiger partial charge < -0.3 is 9.42 Å². The average Bonchev–Trinajstić information content (AvgIpc) is 3.49. The van der Waals surface area contributed by atoms with Gasteiger partial charge in [0.05, 0.1) is 12.2 Å². The summed E-state index contributed by atoms with van der Waals surface area (Å²) < 4.78 is 8.51. The van der Waals surface area contributed by atoms with E-state index in [-0.39, 0.29) is 11.5 Å². The summed E-state index contributed by atoms with van der Waals surface area (Å²) in [6.45, 7) is 3.92. The van der Waals surface area contributed by atoms with Gasteiger partial charge in [-0.15, -0.1) is 5.10 Å². The van der Waals surface area contributed by atoms with Crippen molar-refractivity contribution in [3.05, 3.63) is 58.0 Å². The first-order chi connectivity index (χ1) is 15.2. The van der Waals surface area contributed by atoms with Gasteiger partial charge in [0.1, 0.15) is 0 Å². The van der Waals surface area contributed by atoms with E-state index < -0.39 is 0 Å². The lowest BCUT2D eigenvalue weighted by atomic mass is 9.96. The molecule has 10 nitrogen and oxygen atoms in total. The third-order valence-electron chi connectivity index (χ3n) is 6.03. The highest BCUT2D eigenvalue weighted by atomic mass is 16.5. The van der Waals surface area contributed by atoms with Crippen molar-refractivity contribution < 1.29 is 9.32 Å². The van der Waals surface area contributed by atoms with Gasteiger partial charge in [0.15, 0.2) is 5.82 Å². The number of carbonyl (C=O) groups is 1. The number of carbonyl (C=O) groups excluding carboxylic acids is 1. The molecular weight excluding hydrogens is 398 g/mol. The molecule has 10 heteroatoms. The van der Waals surface area contributed by atoms with Crippen LogP contribution in [0.5, 0.6) is 0 Å². The second-order valence-corrected chi connectivity index (χ2v) is 7.98. The van der Waals surface area contributed by atoms with Crippen molar-refractivity contribution in [1.29, 1.82) is 0 Å². The Morgan fingerprint density at radius 3 is 2.71 bits per heavy atom. The molecule has 1 fully saturated rings. The van der Waals surface area contributed by atoms with E-state index in [1.807, 2.05) is 11.0 Å². The van der Waals surface area contributed by atoms with Gasteiger partial charge >= 0.3 is 0 Å².